The summed E-state index contributed by atoms with van der Waals surface area (Å²) in [4.78, 5) is 29.8. The van der Waals surface area contributed by atoms with E-state index in [1.54, 1.807) is 28.0 Å². The van der Waals surface area contributed by atoms with E-state index in [1.807, 2.05) is 6.07 Å². The van der Waals surface area contributed by atoms with Crippen LogP contribution < -0.4 is 11.1 Å². The minimum Gasteiger partial charge on any atom is -0.350 e. The van der Waals surface area contributed by atoms with E-state index in [9.17, 15) is 9.59 Å². The van der Waals surface area contributed by atoms with Gasteiger partial charge in [-0.2, -0.15) is 5.10 Å². The van der Waals surface area contributed by atoms with Crippen molar-refractivity contribution in [3.05, 3.63) is 41.4 Å². The van der Waals surface area contributed by atoms with E-state index in [0.717, 1.165) is 23.6 Å². The summed E-state index contributed by atoms with van der Waals surface area (Å²) in [5.41, 5.74) is 7.00. The highest BCUT2D eigenvalue weighted by Gasteiger charge is 2.33. The van der Waals surface area contributed by atoms with Crippen molar-refractivity contribution in [2.24, 2.45) is 11.7 Å². The minimum absolute atomic E-state index is 0.0888. The SMILES string of the molecule is CC1CC1.NCC(=O)N1CCC[C@H]1C(=O)NCc1cc(Cl)ccc1-n1cncn1. The molecule has 2 amide bonds. The first-order chi connectivity index (χ1) is 14.0. The largest absolute Gasteiger partial charge is 0.350 e. The van der Waals surface area contributed by atoms with Crippen molar-refractivity contribution in [1.82, 2.24) is 25.0 Å². The van der Waals surface area contributed by atoms with E-state index in [4.69, 9.17) is 17.3 Å². The highest BCUT2D eigenvalue weighted by atomic mass is 35.5. The fraction of sp³-hybridized carbons (Fsp3) is 0.500. The number of halogens is 1. The maximum atomic E-state index is 12.5. The highest BCUT2D eigenvalue weighted by molar-refractivity contribution is 6.30. The van der Waals surface area contributed by atoms with Crippen LogP contribution >= 0.6 is 11.6 Å². The second kappa shape index (κ2) is 9.84. The fourth-order valence-electron chi connectivity index (χ4n) is 3.17. The zero-order valence-corrected chi connectivity index (χ0v) is 17.3. The van der Waals surface area contributed by atoms with Gasteiger partial charge < -0.3 is 16.0 Å². The molecule has 2 aliphatic rings. The summed E-state index contributed by atoms with van der Waals surface area (Å²) in [6.45, 7) is 3.03. The first kappa shape index (κ1) is 21.3. The van der Waals surface area contributed by atoms with Gasteiger partial charge in [0.15, 0.2) is 0 Å². The predicted octanol–water partition coefficient (Wildman–Crippen LogP) is 1.90. The molecule has 0 bridgehead atoms. The average Bonchev–Trinajstić information content (AvgIpc) is 3.19. The van der Waals surface area contributed by atoms with Crippen molar-refractivity contribution in [3.63, 3.8) is 0 Å². The van der Waals surface area contributed by atoms with E-state index in [0.29, 0.717) is 18.0 Å². The van der Waals surface area contributed by atoms with Crippen molar-refractivity contribution in [3.8, 4) is 5.69 Å². The van der Waals surface area contributed by atoms with Crippen molar-refractivity contribution >= 4 is 23.4 Å². The van der Waals surface area contributed by atoms with Gasteiger partial charge in [-0.25, -0.2) is 9.67 Å². The number of aromatic nitrogens is 3. The van der Waals surface area contributed by atoms with Gasteiger partial charge in [0.1, 0.15) is 18.7 Å². The topological polar surface area (TPSA) is 106 Å². The Kier molecular flexibility index (Phi) is 7.22. The molecule has 1 saturated heterocycles. The lowest BCUT2D eigenvalue weighted by molar-refractivity contribution is -0.137. The molecule has 2 fully saturated rings. The minimum atomic E-state index is -0.468. The van der Waals surface area contributed by atoms with Gasteiger partial charge in [0.05, 0.1) is 12.2 Å². The van der Waals surface area contributed by atoms with Gasteiger partial charge >= 0.3 is 0 Å². The van der Waals surface area contributed by atoms with Gasteiger partial charge in [-0.15, -0.1) is 0 Å². The second-order valence-corrected chi connectivity index (χ2v) is 7.90. The van der Waals surface area contributed by atoms with Crippen LogP contribution in [0.2, 0.25) is 5.02 Å². The predicted molar refractivity (Wildman–Crippen MR) is 110 cm³/mol. The molecule has 0 unspecified atom stereocenters. The highest BCUT2D eigenvalue weighted by Crippen LogP contribution is 2.26. The van der Waals surface area contributed by atoms with Crippen molar-refractivity contribution in [2.45, 2.75) is 45.2 Å². The summed E-state index contributed by atoms with van der Waals surface area (Å²) in [5, 5.41) is 7.56. The van der Waals surface area contributed by atoms with Crippen LogP contribution in [0.5, 0.6) is 0 Å². The fourth-order valence-corrected chi connectivity index (χ4v) is 3.37. The number of carbonyl (C=O) groups is 2. The lowest BCUT2D eigenvalue weighted by Crippen LogP contribution is -2.47. The summed E-state index contributed by atoms with van der Waals surface area (Å²) in [6.07, 6.45) is 7.42. The van der Waals surface area contributed by atoms with Gasteiger partial charge in [-0.3, -0.25) is 9.59 Å². The number of carbonyl (C=O) groups excluding carboxylic acids is 2. The Bertz CT molecular complexity index is 838. The van der Waals surface area contributed by atoms with Crippen LogP contribution in [-0.2, 0) is 16.1 Å². The van der Waals surface area contributed by atoms with E-state index >= 15 is 0 Å². The monoisotopic (exact) mass is 418 g/mol. The zero-order valence-electron chi connectivity index (χ0n) is 16.6. The lowest BCUT2D eigenvalue weighted by atomic mass is 10.1. The molecular weight excluding hydrogens is 392 g/mol. The quantitative estimate of drug-likeness (QED) is 0.771. The van der Waals surface area contributed by atoms with E-state index in [2.05, 4.69) is 22.3 Å². The number of nitrogens with one attached hydrogen (secondary N) is 1. The third-order valence-electron chi connectivity index (χ3n) is 5.08. The van der Waals surface area contributed by atoms with Gasteiger partial charge in [0, 0.05) is 18.1 Å². The number of benzene rings is 1. The van der Waals surface area contributed by atoms with E-state index in [1.165, 1.54) is 19.2 Å². The number of hydrogen-bond donors (Lipinski definition) is 2. The van der Waals surface area contributed by atoms with E-state index < -0.39 is 6.04 Å². The van der Waals surface area contributed by atoms with Crippen molar-refractivity contribution in [2.75, 3.05) is 13.1 Å². The molecule has 2 aromatic rings. The molecule has 0 radical (unpaired) electrons. The Morgan fingerprint density at radius 2 is 2.07 bits per heavy atom. The number of rotatable bonds is 5. The van der Waals surface area contributed by atoms with E-state index in [-0.39, 0.29) is 24.9 Å². The maximum absolute atomic E-state index is 12.5. The Hall–Kier alpha value is -2.45. The molecule has 2 heterocycles. The molecule has 1 saturated carbocycles. The second-order valence-electron chi connectivity index (χ2n) is 7.46. The van der Waals surface area contributed by atoms with Crippen molar-refractivity contribution in [1.29, 1.82) is 0 Å². The summed E-state index contributed by atoms with van der Waals surface area (Å²) >= 11 is 6.08. The molecule has 29 heavy (non-hydrogen) atoms. The Morgan fingerprint density at radius 3 is 2.69 bits per heavy atom. The summed E-state index contributed by atoms with van der Waals surface area (Å²) in [7, 11) is 0. The molecule has 0 spiro atoms. The molecule has 1 aliphatic carbocycles. The number of amides is 2. The third-order valence-corrected chi connectivity index (χ3v) is 5.31. The number of nitrogens with zero attached hydrogens (tertiary/aromatic N) is 4. The molecule has 4 rings (SSSR count). The van der Waals surface area contributed by atoms with Gasteiger partial charge in [0.2, 0.25) is 11.8 Å². The Labute approximate surface area is 175 Å². The smallest absolute Gasteiger partial charge is 0.243 e. The van der Waals surface area contributed by atoms with Crippen molar-refractivity contribution < 1.29 is 9.59 Å². The summed E-state index contributed by atoms with van der Waals surface area (Å²) < 4.78 is 1.61. The number of nitrogens with two attached hydrogens (primary N) is 1. The third kappa shape index (κ3) is 5.77. The number of hydrogen-bond acceptors (Lipinski definition) is 5. The average molecular weight is 419 g/mol. The van der Waals surface area contributed by atoms with Crippen LogP contribution in [0.3, 0.4) is 0 Å². The van der Waals surface area contributed by atoms with Crippen LogP contribution in [-0.4, -0.2) is 50.6 Å². The molecule has 1 aliphatic heterocycles. The Balaban J connectivity index is 0.000000536. The molecule has 1 aromatic heterocycles. The van der Waals surface area contributed by atoms with Crippen LogP contribution in [0.15, 0.2) is 30.9 Å². The first-order valence-corrected chi connectivity index (χ1v) is 10.3. The molecule has 3 N–H and O–H groups in total. The normalized spacial score (nSPS) is 18.2. The Morgan fingerprint density at radius 1 is 1.31 bits per heavy atom. The molecule has 1 atom stereocenters. The van der Waals surface area contributed by atoms with Crippen LogP contribution in [0.4, 0.5) is 0 Å². The lowest BCUT2D eigenvalue weighted by Gasteiger charge is -2.23. The van der Waals surface area contributed by atoms with Crippen LogP contribution in [0.1, 0.15) is 38.2 Å². The standard InChI is InChI=1S/C16H19ClN6O2.C4H8/c17-12-3-4-13(23-10-19-9-21-23)11(6-12)8-20-16(25)14-2-1-5-22(14)15(24)7-18;1-4-2-3-4/h3-4,6,9-10,14H,1-2,5,7-8,18H2,(H,20,25);4H,2-3H2,1H3/t14-;/m0./s1. The first-order valence-electron chi connectivity index (χ1n) is 9.90. The van der Waals surface area contributed by atoms with Gasteiger partial charge in [0.25, 0.3) is 0 Å². The number of likely N-dealkylation sites (tertiary alicyclic amines) is 1. The molecule has 156 valence electrons. The van der Waals surface area contributed by atoms with Gasteiger partial charge in [-0.1, -0.05) is 31.4 Å². The van der Waals surface area contributed by atoms with Crippen LogP contribution in [0, 0.1) is 5.92 Å². The molecule has 8 nitrogen and oxygen atoms in total. The summed E-state index contributed by atoms with van der Waals surface area (Å²) in [5.74, 6) is 0.688. The van der Waals surface area contributed by atoms with Gasteiger partial charge in [-0.05, 0) is 42.5 Å². The maximum Gasteiger partial charge on any atom is 0.243 e. The summed E-state index contributed by atoms with van der Waals surface area (Å²) in [6, 6.07) is 4.88. The van der Waals surface area contributed by atoms with Crippen LogP contribution in [0.25, 0.3) is 5.69 Å². The molecule has 1 aromatic carbocycles. The molecular formula is C20H27ClN6O2. The zero-order chi connectivity index (χ0) is 20.8. The molecule has 9 heteroatoms.